The highest BCUT2D eigenvalue weighted by Crippen LogP contribution is 2.39. The van der Waals surface area contributed by atoms with E-state index in [0.29, 0.717) is 24.4 Å². The van der Waals surface area contributed by atoms with E-state index in [9.17, 15) is 4.79 Å². The fraction of sp³-hybridized carbons (Fsp3) is 0.611. The van der Waals surface area contributed by atoms with Crippen LogP contribution in [0.2, 0.25) is 0 Å². The Morgan fingerprint density at radius 2 is 1.91 bits per heavy atom. The zero-order valence-electron chi connectivity index (χ0n) is 13.7. The molecule has 0 spiro atoms. The number of aryl methyl sites for hydroxylation is 1. The standard InChI is InChI=1S/C18H25NO3/c1-12-4-5-17(22-3)13(6-12)9-18(20)19-10-14-7-16(21-2)8-15(14)11-19/h4-6,14-16H,7-11H2,1-3H3/t14-,15+,16?. The van der Waals surface area contributed by atoms with Crippen molar-refractivity contribution < 1.29 is 14.3 Å². The second kappa shape index (κ2) is 6.29. The van der Waals surface area contributed by atoms with E-state index < -0.39 is 0 Å². The first-order valence-corrected chi connectivity index (χ1v) is 8.04. The molecule has 0 aromatic heterocycles. The lowest BCUT2D eigenvalue weighted by Crippen LogP contribution is -2.31. The van der Waals surface area contributed by atoms with Gasteiger partial charge in [0, 0.05) is 25.8 Å². The predicted octanol–water partition coefficient (Wildman–Crippen LogP) is 2.43. The average Bonchev–Trinajstić information content (AvgIpc) is 3.05. The molecule has 3 atom stereocenters. The SMILES string of the molecule is COc1ccc(C)cc1CC(=O)N1C[C@H]2CC(OC)C[C@H]2C1. The molecule has 1 aromatic carbocycles. The molecule has 1 aliphatic carbocycles. The third-order valence-corrected chi connectivity index (χ3v) is 5.17. The lowest BCUT2D eigenvalue weighted by molar-refractivity contribution is -0.129. The Kier molecular flexibility index (Phi) is 4.39. The maximum absolute atomic E-state index is 12.6. The number of hydrogen-bond donors (Lipinski definition) is 0. The fourth-order valence-corrected chi connectivity index (χ4v) is 3.96. The maximum Gasteiger partial charge on any atom is 0.227 e. The van der Waals surface area contributed by atoms with Crippen molar-refractivity contribution in [2.75, 3.05) is 27.3 Å². The molecule has 2 fully saturated rings. The van der Waals surface area contributed by atoms with Gasteiger partial charge in [-0.2, -0.15) is 0 Å². The number of methoxy groups -OCH3 is 2. The molecule has 1 unspecified atom stereocenters. The van der Waals surface area contributed by atoms with Crippen molar-refractivity contribution in [3.05, 3.63) is 29.3 Å². The molecule has 1 aromatic rings. The van der Waals surface area contributed by atoms with Crippen molar-refractivity contribution in [3.8, 4) is 5.75 Å². The van der Waals surface area contributed by atoms with Gasteiger partial charge in [0.25, 0.3) is 0 Å². The van der Waals surface area contributed by atoms with Gasteiger partial charge in [-0.1, -0.05) is 17.7 Å². The second-order valence-corrected chi connectivity index (χ2v) is 6.64. The minimum Gasteiger partial charge on any atom is -0.496 e. The van der Waals surface area contributed by atoms with E-state index >= 15 is 0 Å². The summed E-state index contributed by atoms with van der Waals surface area (Å²) < 4.78 is 10.8. The number of carbonyl (C=O) groups is 1. The number of likely N-dealkylation sites (tertiary alicyclic amines) is 1. The van der Waals surface area contributed by atoms with Crippen molar-refractivity contribution in [1.29, 1.82) is 0 Å². The van der Waals surface area contributed by atoms with Crippen LogP contribution in [0.5, 0.6) is 5.75 Å². The Morgan fingerprint density at radius 1 is 1.23 bits per heavy atom. The second-order valence-electron chi connectivity index (χ2n) is 6.64. The summed E-state index contributed by atoms with van der Waals surface area (Å²) in [6.45, 7) is 3.81. The van der Waals surface area contributed by atoms with Gasteiger partial charge in [0.1, 0.15) is 5.75 Å². The van der Waals surface area contributed by atoms with Crippen LogP contribution in [0.3, 0.4) is 0 Å². The van der Waals surface area contributed by atoms with Gasteiger partial charge < -0.3 is 14.4 Å². The number of carbonyl (C=O) groups excluding carboxylic acids is 1. The Bertz CT molecular complexity index is 543. The third-order valence-electron chi connectivity index (χ3n) is 5.17. The highest BCUT2D eigenvalue weighted by atomic mass is 16.5. The van der Waals surface area contributed by atoms with Gasteiger partial charge in [0.15, 0.2) is 0 Å². The summed E-state index contributed by atoms with van der Waals surface area (Å²) in [7, 11) is 3.45. The zero-order chi connectivity index (χ0) is 15.7. The largest absolute Gasteiger partial charge is 0.496 e. The van der Waals surface area contributed by atoms with Gasteiger partial charge in [-0.3, -0.25) is 4.79 Å². The Hall–Kier alpha value is -1.55. The van der Waals surface area contributed by atoms with E-state index in [4.69, 9.17) is 9.47 Å². The number of nitrogens with zero attached hydrogens (tertiary/aromatic N) is 1. The molecule has 1 saturated heterocycles. The molecule has 4 nitrogen and oxygen atoms in total. The Morgan fingerprint density at radius 3 is 2.50 bits per heavy atom. The van der Waals surface area contributed by atoms with Crippen LogP contribution >= 0.6 is 0 Å². The first kappa shape index (κ1) is 15.3. The van der Waals surface area contributed by atoms with Gasteiger partial charge in [0.05, 0.1) is 19.6 Å². The minimum atomic E-state index is 0.215. The summed E-state index contributed by atoms with van der Waals surface area (Å²) in [6, 6.07) is 6.01. The number of hydrogen-bond acceptors (Lipinski definition) is 3. The van der Waals surface area contributed by atoms with Crippen LogP contribution in [0.1, 0.15) is 24.0 Å². The number of benzene rings is 1. The van der Waals surface area contributed by atoms with E-state index in [1.165, 1.54) is 0 Å². The highest BCUT2D eigenvalue weighted by Gasteiger charge is 2.42. The maximum atomic E-state index is 12.6. The monoisotopic (exact) mass is 303 g/mol. The van der Waals surface area contributed by atoms with Crippen LogP contribution in [0, 0.1) is 18.8 Å². The van der Waals surface area contributed by atoms with Gasteiger partial charge in [-0.05, 0) is 37.7 Å². The first-order chi connectivity index (χ1) is 10.6. The lowest BCUT2D eigenvalue weighted by atomic mass is 10.0. The molecule has 1 amide bonds. The van der Waals surface area contributed by atoms with E-state index in [-0.39, 0.29) is 5.91 Å². The lowest BCUT2D eigenvalue weighted by Gasteiger charge is -2.20. The number of amides is 1. The molecule has 120 valence electrons. The van der Waals surface area contributed by atoms with Crippen LogP contribution in [-0.4, -0.2) is 44.2 Å². The summed E-state index contributed by atoms with van der Waals surface area (Å²) in [5.41, 5.74) is 2.14. The summed E-state index contributed by atoms with van der Waals surface area (Å²) in [5, 5.41) is 0. The Balaban J connectivity index is 1.63. The topological polar surface area (TPSA) is 38.8 Å². The van der Waals surface area contributed by atoms with Crippen molar-refractivity contribution in [3.63, 3.8) is 0 Å². The van der Waals surface area contributed by atoms with Gasteiger partial charge >= 0.3 is 0 Å². The van der Waals surface area contributed by atoms with Gasteiger partial charge in [0.2, 0.25) is 5.91 Å². The average molecular weight is 303 g/mol. The van der Waals surface area contributed by atoms with E-state index in [1.807, 2.05) is 24.0 Å². The van der Waals surface area contributed by atoms with Crippen LogP contribution < -0.4 is 4.74 Å². The summed E-state index contributed by atoms with van der Waals surface area (Å²) >= 11 is 0. The van der Waals surface area contributed by atoms with E-state index in [0.717, 1.165) is 42.8 Å². The summed E-state index contributed by atoms with van der Waals surface area (Å²) in [5.74, 6) is 2.26. The Labute approximate surface area is 132 Å². The van der Waals surface area contributed by atoms with E-state index in [2.05, 4.69) is 6.07 Å². The predicted molar refractivity (Wildman–Crippen MR) is 85.0 cm³/mol. The van der Waals surface area contributed by atoms with Crippen LogP contribution in [0.4, 0.5) is 0 Å². The minimum absolute atomic E-state index is 0.215. The zero-order valence-corrected chi connectivity index (χ0v) is 13.7. The number of fused-ring (bicyclic) bond motifs is 1. The van der Waals surface area contributed by atoms with Crippen LogP contribution in [0.15, 0.2) is 18.2 Å². The molecule has 2 aliphatic rings. The third kappa shape index (κ3) is 2.98. The van der Waals surface area contributed by atoms with Crippen molar-refractivity contribution in [2.45, 2.75) is 32.3 Å². The molecule has 3 rings (SSSR count). The summed E-state index contributed by atoms with van der Waals surface area (Å²) in [6.07, 6.45) is 3.01. The molecule has 1 heterocycles. The summed E-state index contributed by atoms with van der Waals surface area (Å²) in [4.78, 5) is 14.6. The van der Waals surface area contributed by atoms with Gasteiger partial charge in [-0.15, -0.1) is 0 Å². The molecular formula is C18H25NO3. The fourth-order valence-electron chi connectivity index (χ4n) is 3.96. The highest BCUT2D eigenvalue weighted by molar-refractivity contribution is 5.80. The molecule has 1 saturated carbocycles. The molecule has 0 radical (unpaired) electrons. The molecule has 4 heteroatoms. The molecule has 0 bridgehead atoms. The van der Waals surface area contributed by atoms with Gasteiger partial charge in [-0.25, -0.2) is 0 Å². The van der Waals surface area contributed by atoms with Crippen LogP contribution in [0.25, 0.3) is 0 Å². The van der Waals surface area contributed by atoms with Crippen LogP contribution in [-0.2, 0) is 16.0 Å². The number of ether oxygens (including phenoxy) is 2. The first-order valence-electron chi connectivity index (χ1n) is 8.04. The van der Waals surface area contributed by atoms with Crippen molar-refractivity contribution >= 4 is 5.91 Å². The van der Waals surface area contributed by atoms with Crippen molar-refractivity contribution in [2.24, 2.45) is 11.8 Å². The quantitative estimate of drug-likeness (QED) is 0.857. The smallest absolute Gasteiger partial charge is 0.227 e. The normalized spacial score (nSPS) is 27.0. The molecule has 0 N–H and O–H groups in total. The molecule has 22 heavy (non-hydrogen) atoms. The number of rotatable bonds is 4. The van der Waals surface area contributed by atoms with Crippen molar-refractivity contribution in [1.82, 2.24) is 4.90 Å². The van der Waals surface area contributed by atoms with E-state index in [1.54, 1.807) is 14.2 Å². The molecule has 1 aliphatic heterocycles. The molecular weight excluding hydrogens is 278 g/mol.